The topological polar surface area (TPSA) is 35.5 Å². The summed E-state index contributed by atoms with van der Waals surface area (Å²) in [6, 6.07) is 1.48. The Kier molecular flexibility index (Phi) is 5.03. The Morgan fingerprint density at radius 2 is 2.13 bits per heavy atom. The first-order valence-electron chi connectivity index (χ1n) is 6.15. The monoisotopic (exact) mass is 214 g/mol. The number of likely N-dealkylation sites (tertiary alicyclic amines) is 1. The van der Waals surface area contributed by atoms with Crippen LogP contribution in [0.5, 0.6) is 0 Å². The molecule has 1 aliphatic heterocycles. The largest absolute Gasteiger partial charge is 0.395 e. The maximum atomic E-state index is 9.19. The molecule has 1 saturated heterocycles. The quantitative estimate of drug-likeness (QED) is 0.735. The molecule has 3 nitrogen and oxygen atoms in total. The third-order valence-electron chi connectivity index (χ3n) is 3.77. The van der Waals surface area contributed by atoms with Crippen LogP contribution in [0, 0.1) is 5.92 Å². The molecule has 0 bridgehead atoms. The van der Waals surface area contributed by atoms with Crippen LogP contribution in [0.2, 0.25) is 0 Å². The summed E-state index contributed by atoms with van der Waals surface area (Å²) < 4.78 is 0. The molecule has 0 unspecified atom stereocenters. The van der Waals surface area contributed by atoms with Crippen molar-refractivity contribution in [1.82, 2.24) is 10.2 Å². The SMILES string of the molecule is CC[C@H](CO)N[C@@H]1C[C@H](C)N(C)C[C@@H]1C. The van der Waals surface area contributed by atoms with Gasteiger partial charge in [-0.05, 0) is 32.7 Å². The van der Waals surface area contributed by atoms with Crippen molar-refractivity contribution in [3.05, 3.63) is 0 Å². The summed E-state index contributed by atoms with van der Waals surface area (Å²) in [5.74, 6) is 0.673. The van der Waals surface area contributed by atoms with E-state index in [-0.39, 0.29) is 12.6 Å². The first kappa shape index (κ1) is 12.9. The second kappa shape index (κ2) is 5.83. The lowest BCUT2D eigenvalue weighted by molar-refractivity contribution is 0.106. The normalized spacial score (nSPS) is 35.4. The third kappa shape index (κ3) is 3.44. The first-order chi connectivity index (χ1) is 7.08. The van der Waals surface area contributed by atoms with Gasteiger partial charge in [0, 0.05) is 24.7 Å². The van der Waals surface area contributed by atoms with Gasteiger partial charge in [-0.1, -0.05) is 13.8 Å². The standard InChI is InChI=1S/C12H26N2O/c1-5-11(8-15)13-12-6-10(3)14(4)7-9(12)2/h9-13,15H,5-8H2,1-4H3/t9-,10-,11+,12+/m0/s1. The smallest absolute Gasteiger partial charge is 0.0584 e. The maximum absolute atomic E-state index is 9.19. The molecule has 90 valence electrons. The Morgan fingerprint density at radius 1 is 1.47 bits per heavy atom. The fourth-order valence-corrected chi connectivity index (χ4v) is 2.38. The average Bonchev–Trinajstić information content (AvgIpc) is 2.21. The highest BCUT2D eigenvalue weighted by molar-refractivity contribution is 4.87. The van der Waals surface area contributed by atoms with Gasteiger partial charge in [-0.25, -0.2) is 0 Å². The molecule has 1 fully saturated rings. The Balaban J connectivity index is 2.47. The van der Waals surface area contributed by atoms with Crippen LogP contribution in [-0.2, 0) is 0 Å². The predicted octanol–water partition coefficient (Wildman–Crippen LogP) is 1.08. The van der Waals surface area contributed by atoms with E-state index in [1.807, 2.05) is 0 Å². The fourth-order valence-electron chi connectivity index (χ4n) is 2.38. The zero-order valence-corrected chi connectivity index (χ0v) is 10.5. The molecule has 15 heavy (non-hydrogen) atoms. The molecule has 0 spiro atoms. The van der Waals surface area contributed by atoms with Gasteiger partial charge in [0.15, 0.2) is 0 Å². The number of rotatable bonds is 4. The maximum Gasteiger partial charge on any atom is 0.0584 e. The van der Waals surface area contributed by atoms with Crippen LogP contribution in [0.1, 0.15) is 33.6 Å². The first-order valence-corrected chi connectivity index (χ1v) is 6.15. The lowest BCUT2D eigenvalue weighted by atomic mass is 9.89. The second-order valence-corrected chi connectivity index (χ2v) is 5.06. The molecule has 1 aliphatic rings. The van der Waals surface area contributed by atoms with E-state index in [0.717, 1.165) is 13.0 Å². The van der Waals surface area contributed by atoms with E-state index in [1.165, 1.54) is 6.42 Å². The predicted molar refractivity (Wildman–Crippen MR) is 64.0 cm³/mol. The minimum atomic E-state index is 0.254. The van der Waals surface area contributed by atoms with Crippen molar-refractivity contribution in [2.45, 2.75) is 51.7 Å². The van der Waals surface area contributed by atoms with Gasteiger partial charge >= 0.3 is 0 Å². The van der Waals surface area contributed by atoms with Crippen molar-refractivity contribution in [1.29, 1.82) is 0 Å². The Morgan fingerprint density at radius 3 is 2.67 bits per heavy atom. The van der Waals surface area contributed by atoms with Crippen LogP contribution >= 0.6 is 0 Å². The second-order valence-electron chi connectivity index (χ2n) is 5.06. The number of hydrogen-bond acceptors (Lipinski definition) is 3. The van der Waals surface area contributed by atoms with E-state index < -0.39 is 0 Å². The summed E-state index contributed by atoms with van der Waals surface area (Å²) in [6.45, 7) is 8.10. The zero-order chi connectivity index (χ0) is 11.4. The summed E-state index contributed by atoms with van der Waals surface area (Å²) >= 11 is 0. The van der Waals surface area contributed by atoms with E-state index in [4.69, 9.17) is 0 Å². The highest BCUT2D eigenvalue weighted by Gasteiger charge is 2.29. The minimum absolute atomic E-state index is 0.254. The van der Waals surface area contributed by atoms with E-state index in [2.05, 4.69) is 38.0 Å². The van der Waals surface area contributed by atoms with Crippen molar-refractivity contribution >= 4 is 0 Å². The minimum Gasteiger partial charge on any atom is -0.395 e. The van der Waals surface area contributed by atoms with Gasteiger partial charge in [-0.15, -0.1) is 0 Å². The zero-order valence-electron chi connectivity index (χ0n) is 10.5. The van der Waals surface area contributed by atoms with Crippen LogP contribution in [0.3, 0.4) is 0 Å². The third-order valence-corrected chi connectivity index (χ3v) is 3.77. The van der Waals surface area contributed by atoms with Gasteiger partial charge in [0.2, 0.25) is 0 Å². The summed E-state index contributed by atoms with van der Waals surface area (Å²) in [7, 11) is 2.20. The molecule has 0 aromatic rings. The Bertz CT molecular complexity index is 182. The van der Waals surface area contributed by atoms with Crippen molar-refractivity contribution in [2.75, 3.05) is 20.2 Å². The average molecular weight is 214 g/mol. The number of aliphatic hydroxyl groups is 1. The Labute approximate surface area is 93.9 Å². The molecule has 1 rings (SSSR count). The van der Waals surface area contributed by atoms with Gasteiger partial charge in [0.05, 0.1) is 6.61 Å². The van der Waals surface area contributed by atoms with Crippen LogP contribution in [0.4, 0.5) is 0 Å². The highest BCUT2D eigenvalue weighted by Crippen LogP contribution is 2.21. The summed E-state index contributed by atoms with van der Waals surface area (Å²) in [5, 5.41) is 12.8. The lowest BCUT2D eigenvalue weighted by Crippen LogP contribution is -2.53. The molecular formula is C12H26N2O. The molecule has 3 heteroatoms. The van der Waals surface area contributed by atoms with Gasteiger partial charge in [0.25, 0.3) is 0 Å². The van der Waals surface area contributed by atoms with Crippen molar-refractivity contribution in [2.24, 2.45) is 5.92 Å². The molecule has 0 aromatic carbocycles. The highest BCUT2D eigenvalue weighted by atomic mass is 16.3. The van der Waals surface area contributed by atoms with Crippen LogP contribution in [-0.4, -0.2) is 48.3 Å². The summed E-state index contributed by atoms with van der Waals surface area (Å²) in [6.07, 6.45) is 2.19. The van der Waals surface area contributed by atoms with E-state index in [0.29, 0.717) is 18.0 Å². The molecular weight excluding hydrogens is 188 g/mol. The molecule has 0 radical (unpaired) electrons. The molecule has 0 amide bonds. The van der Waals surface area contributed by atoms with E-state index >= 15 is 0 Å². The molecule has 1 heterocycles. The molecule has 0 aromatic heterocycles. The van der Waals surface area contributed by atoms with E-state index in [9.17, 15) is 5.11 Å². The van der Waals surface area contributed by atoms with Gasteiger partial charge in [-0.3, -0.25) is 0 Å². The van der Waals surface area contributed by atoms with Gasteiger partial charge in [-0.2, -0.15) is 0 Å². The summed E-state index contributed by atoms with van der Waals surface area (Å²) in [4.78, 5) is 2.42. The Hall–Kier alpha value is -0.120. The molecule has 4 atom stereocenters. The fraction of sp³-hybridized carbons (Fsp3) is 1.00. The van der Waals surface area contributed by atoms with E-state index in [1.54, 1.807) is 0 Å². The number of nitrogens with one attached hydrogen (secondary N) is 1. The van der Waals surface area contributed by atoms with Crippen molar-refractivity contribution in [3.8, 4) is 0 Å². The number of hydrogen-bond donors (Lipinski definition) is 2. The van der Waals surface area contributed by atoms with Gasteiger partial charge < -0.3 is 15.3 Å². The number of aliphatic hydroxyl groups excluding tert-OH is 1. The summed E-state index contributed by atoms with van der Waals surface area (Å²) in [5.41, 5.74) is 0. The van der Waals surface area contributed by atoms with Gasteiger partial charge in [0.1, 0.15) is 0 Å². The van der Waals surface area contributed by atoms with Crippen LogP contribution in [0.25, 0.3) is 0 Å². The number of nitrogens with zero attached hydrogens (tertiary/aromatic N) is 1. The molecule has 0 saturated carbocycles. The van der Waals surface area contributed by atoms with Crippen molar-refractivity contribution in [3.63, 3.8) is 0 Å². The van der Waals surface area contributed by atoms with Crippen molar-refractivity contribution < 1.29 is 5.11 Å². The van der Waals surface area contributed by atoms with Crippen LogP contribution < -0.4 is 5.32 Å². The lowest BCUT2D eigenvalue weighted by Gasteiger charge is -2.41. The number of piperidine rings is 1. The molecule has 0 aliphatic carbocycles. The van der Waals surface area contributed by atoms with Crippen LogP contribution in [0.15, 0.2) is 0 Å². The molecule has 2 N–H and O–H groups in total.